The van der Waals surface area contributed by atoms with E-state index in [0.717, 1.165) is 25.7 Å². The van der Waals surface area contributed by atoms with E-state index < -0.39 is 5.97 Å². The summed E-state index contributed by atoms with van der Waals surface area (Å²) in [4.78, 5) is 22.5. The number of carbonyl (C=O) groups excluding carboxylic acids is 1. The molecule has 2 unspecified atom stereocenters. The maximum absolute atomic E-state index is 11.8. The number of carboxylic acid groups (broad SMARTS) is 1. The number of aliphatic carboxylic acids is 1. The van der Waals surface area contributed by atoms with Gasteiger partial charge in [-0.25, -0.2) is 4.79 Å². The largest absolute Gasteiger partial charge is 0.481 e. The smallest absolute Gasteiger partial charge is 0.315 e. The maximum Gasteiger partial charge on any atom is 0.315 e. The second-order valence-corrected chi connectivity index (χ2v) is 5.93. The molecule has 0 rings (SSSR count). The Morgan fingerprint density at radius 1 is 1.05 bits per heavy atom. The van der Waals surface area contributed by atoms with Gasteiger partial charge in [0.25, 0.3) is 0 Å². The van der Waals surface area contributed by atoms with Gasteiger partial charge >= 0.3 is 12.0 Å². The van der Waals surface area contributed by atoms with Crippen molar-refractivity contribution < 1.29 is 14.7 Å². The van der Waals surface area contributed by atoms with Crippen LogP contribution in [0.25, 0.3) is 0 Å². The third-order valence-corrected chi connectivity index (χ3v) is 3.19. The van der Waals surface area contributed by atoms with Crippen LogP contribution in [0.1, 0.15) is 66.2 Å². The Labute approximate surface area is 122 Å². The number of hydrogen-bond acceptors (Lipinski definition) is 2. The molecule has 0 aromatic carbocycles. The summed E-state index contributed by atoms with van der Waals surface area (Å²) >= 11 is 0. The average molecular weight is 286 g/mol. The molecule has 0 aliphatic rings. The molecule has 0 saturated heterocycles. The Bertz CT molecular complexity index is 293. The molecule has 3 N–H and O–H groups in total. The summed E-state index contributed by atoms with van der Waals surface area (Å²) < 4.78 is 0. The van der Waals surface area contributed by atoms with E-state index in [4.69, 9.17) is 5.11 Å². The first-order chi connectivity index (χ1) is 9.35. The van der Waals surface area contributed by atoms with Crippen molar-refractivity contribution in [3.05, 3.63) is 0 Å². The zero-order valence-corrected chi connectivity index (χ0v) is 13.2. The minimum absolute atomic E-state index is 0.0248. The number of rotatable bonds is 10. The molecule has 0 aromatic rings. The van der Waals surface area contributed by atoms with Crippen molar-refractivity contribution in [1.82, 2.24) is 10.6 Å². The van der Waals surface area contributed by atoms with E-state index >= 15 is 0 Å². The normalized spacial score (nSPS) is 13.8. The SMILES string of the molecule is CCCC(CC(=O)O)NC(=O)NC(C)CCCC(C)C. The zero-order valence-electron chi connectivity index (χ0n) is 13.2. The number of amides is 2. The third kappa shape index (κ3) is 10.6. The van der Waals surface area contributed by atoms with Crippen molar-refractivity contribution in [2.45, 2.75) is 78.3 Å². The lowest BCUT2D eigenvalue weighted by Crippen LogP contribution is -2.46. The molecule has 0 bridgehead atoms. The van der Waals surface area contributed by atoms with Gasteiger partial charge in [-0.3, -0.25) is 4.79 Å². The van der Waals surface area contributed by atoms with Crippen LogP contribution in [0.15, 0.2) is 0 Å². The Morgan fingerprint density at radius 2 is 1.70 bits per heavy atom. The lowest BCUT2D eigenvalue weighted by atomic mass is 10.0. The van der Waals surface area contributed by atoms with Gasteiger partial charge in [-0.15, -0.1) is 0 Å². The lowest BCUT2D eigenvalue weighted by molar-refractivity contribution is -0.137. The summed E-state index contributed by atoms with van der Waals surface area (Å²) in [5.41, 5.74) is 0. The number of hydrogen-bond donors (Lipinski definition) is 3. The molecule has 0 aromatic heterocycles. The predicted octanol–water partition coefficient (Wildman–Crippen LogP) is 3.14. The van der Waals surface area contributed by atoms with E-state index in [1.807, 2.05) is 13.8 Å². The van der Waals surface area contributed by atoms with Crippen LogP contribution in [0, 0.1) is 5.92 Å². The van der Waals surface area contributed by atoms with Crippen LogP contribution in [-0.4, -0.2) is 29.2 Å². The number of carbonyl (C=O) groups is 2. The molecule has 0 fully saturated rings. The van der Waals surface area contributed by atoms with Gasteiger partial charge in [-0.2, -0.15) is 0 Å². The highest BCUT2D eigenvalue weighted by Gasteiger charge is 2.16. The van der Waals surface area contributed by atoms with E-state index in [9.17, 15) is 9.59 Å². The van der Waals surface area contributed by atoms with Crippen molar-refractivity contribution in [2.24, 2.45) is 5.92 Å². The first kappa shape index (κ1) is 18.7. The molecule has 0 radical (unpaired) electrons. The molecule has 118 valence electrons. The Balaban J connectivity index is 4.01. The molecule has 0 heterocycles. The van der Waals surface area contributed by atoms with E-state index in [1.165, 1.54) is 0 Å². The summed E-state index contributed by atoms with van der Waals surface area (Å²) in [6.45, 7) is 8.33. The van der Waals surface area contributed by atoms with Gasteiger partial charge in [-0.1, -0.05) is 40.0 Å². The van der Waals surface area contributed by atoms with Gasteiger partial charge in [0.05, 0.1) is 6.42 Å². The summed E-state index contributed by atoms with van der Waals surface area (Å²) in [6.07, 6.45) is 4.70. The topological polar surface area (TPSA) is 78.4 Å². The molecule has 5 heteroatoms. The minimum atomic E-state index is -0.881. The molecule has 2 amide bonds. The van der Waals surface area contributed by atoms with E-state index in [2.05, 4.69) is 24.5 Å². The van der Waals surface area contributed by atoms with Crippen LogP contribution in [0.4, 0.5) is 4.79 Å². The fourth-order valence-electron chi connectivity index (χ4n) is 2.14. The van der Waals surface area contributed by atoms with Gasteiger partial charge in [-0.05, 0) is 25.7 Å². The van der Waals surface area contributed by atoms with Crippen molar-refractivity contribution in [1.29, 1.82) is 0 Å². The van der Waals surface area contributed by atoms with Gasteiger partial charge < -0.3 is 15.7 Å². The van der Waals surface area contributed by atoms with E-state index in [1.54, 1.807) is 0 Å². The zero-order chi connectivity index (χ0) is 15.5. The Kier molecular flexibility index (Phi) is 9.86. The average Bonchev–Trinajstić information content (AvgIpc) is 2.27. The quantitative estimate of drug-likeness (QED) is 0.577. The van der Waals surface area contributed by atoms with Crippen molar-refractivity contribution in [2.75, 3.05) is 0 Å². The second-order valence-electron chi connectivity index (χ2n) is 5.93. The fourth-order valence-corrected chi connectivity index (χ4v) is 2.14. The monoisotopic (exact) mass is 286 g/mol. The standard InChI is InChI=1S/C15H30N2O3/c1-5-7-13(10-14(18)19)17-15(20)16-12(4)9-6-8-11(2)3/h11-13H,5-10H2,1-4H3,(H,18,19)(H2,16,17,20). The van der Waals surface area contributed by atoms with E-state index in [0.29, 0.717) is 12.3 Å². The second kappa shape index (κ2) is 10.5. The minimum Gasteiger partial charge on any atom is -0.481 e. The van der Waals surface area contributed by atoms with Crippen LogP contribution in [-0.2, 0) is 4.79 Å². The fraction of sp³-hybridized carbons (Fsp3) is 0.867. The number of carboxylic acids is 1. The van der Waals surface area contributed by atoms with Crippen LogP contribution in [0.5, 0.6) is 0 Å². The van der Waals surface area contributed by atoms with Gasteiger partial charge in [0, 0.05) is 12.1 Å². The summed E-state index contributed by atoms with van der Waals surface area (Å²) in [5.74, 6) is -0.200. The first-order valence-corrected chi connectivity index (χ1v) is 7.63. The van der Waals surface area contributed by atoms with E-state index in [-0.39, 0.29) is 24.5 Å². The molecule has 2 atom stereocenters. The molecule has 20 heavy (non-hydrogen) atoms. The molecule has 5 nitrogen and oxygen atoms in total. The summed E-state index contributed by atoms with van der Waals surface area (Å²) in [7, 11) is 0. The van der Waals surface area contributed by atoms with Gasteiger partial charge in [0.2, 0.25) is 0 Å². The summed E-state index contributed by atoms with van der Waals surface area (Å²) in [6, 6.07) is -0.442. The molecule has 0 aliphatic heterocycles. The highest BCUT2D eigenvalue weighted by Crippen LogP contribution is 2.08. The van der Waals surface area contributed by atoms with Crippen LogP contribution < -0.4 is 10.6 Å². The molecule has 0 aliphatic carbocycles. The first-order valence-electron chi connectivity index (χ1n) is 7.63. The molecular weight excluding hydrogens is 256 g/mol. The highest BCUT2D eigenvalue weighted by molar-refractivity contribution is 5.75. The Hall–Kier alpha value is -1.26. The Morgan fingerprint density at radius 3 is 2.20 bits per heavy atom. The highest BCUT2D eigenvalue weighted by atomic mass is 16.4. The van der Waals surface area contributed by atoms with Crippen molar-refractivity contribution >= 4 is 12.0 Å². The number of urea groups is 1. The van der Waals surface area contributed by atoms with Gasteiger partial charge in [0.15, 0.2) is 0 Å². The van der Waals surface area contributed by atoms with Crippen molar-refractivity contribution in [3.63, 3.8) is 0 Å². The summed E-state index contributed by atoms with van der Waals surface area (Å²) in [5, 5.41) is 14.4. The molecular formula is C15H30N2O3. The number of nitrogens with one attached hydrogen (secondary N) is 2. The third-order valence-electron chi connectivity index (χ3n) is 3.19. The molecule has 0 saturated carbocycles. The van der Waals surface area contributed by atoms with Crippen LogP contribution in [0.2, 0.25) is 0 Å². The van der Waals surface area contributed by atoms with Crippen molar-refractivity contribution in [3.8, 4) is 0 Å². The van der Waals surface area contributed by atoms with Crippen LogP contribution in [0.3, 0.4) is 0 Å². The van der Waals surface area contributed by atoms with Gasteiger partial charge in [0.1, 0.15) is 0 Å². The molecule has 0 spiro atoms. The predicted molar refractivity (Wildman–Crippen MR) is 80.8 cm³/mol. The van der Waals surface area contributed by atoms with Crippen LogP contribution >= 0.6 is 0 Å². The lowest BCUT2D eigenvalue weighted by Gasteiger charge is -2.19. The maximum atomic E-state index is 11.8.